The van der Waals surface area contributed by atoms with E-state index in [4.69, 9.17) is 26.7 Å². The number of nitrogens with one attached hydrogen (secondary N) is 4. The smallest absolute Gasteiger partial charge is 0.325 e. The van der Waals surface area contributed by atoms with Gasteiger partial charge in [0.1, 0.15) is 12.1 Å². The Morgan fingerprint density at radius 1 is 0.580 bits per heavy atom. The standard InChI is InChI=1S/C22H37N5.2C8H9NO2.Mn/c1-2-9-20-19(8-1)23-13-12-17-6-5-7-18(27-17)16-26-22-11-4-3-10-21(22)25-15-14-24-20;2*9-7(8(10)11)6-4-2-1-3-5-6;/h5-7,19-26H,1-4,8-16H2;2*1-5,7H,9H2,(H,10,11);/t19-,20-,21-,22-;2*7-;/m011./s1. The summed E-state index contributed by atoms with van der Waals surface area (Å²) in [5.74, 6) is -2.01. The minimum Gasteiger partial charge on any atom is -0.480 e. The minimum absolute atomic E-state index is 0. The molecule has 50 heavy (non-hydrogen) atoms. The van der Waals surface area contributed by atoms with Crippen molar-refractivity contribution in [3.8, 4) is 0 Å². The molecule has 2 fully saturated rings. The third kappa shape index (κ3) is 13.8. The molecule has 1 aromatic heterocycles. The second-order valence-corrected chi connectivity index (χ2v) is 13.1. The summed E-state index contributed by atoms with van der Waals surface area (Å²) in [6, 6.07) is 24.6. The van der Waals surface area contributed by atoms with Gasteiger partial charge in [0.2, 0.25) is 0 Å². The van der Waals surface area contributed by atoms with Crippen LogP contribution in [0, 0.1) is 0 Å². The number of rotatable bonds is 4. The van der Waals surface area contributed by atoms with Gasteiger partial charge in [0.25, 0.3) is 0 Å². The predicted molar refractivity (Wildman–Crippen MR) is 193 cm³/mol. The molecule has 12 heteroatoms. The Kier molecular flexibility index (Phi) is 18.6. The fourth-order valence-electron chi connectivity index (χ4n) is 6.75. The first-order valence-electron chi connectivity index (χ1n) is 17.8. The molecule has 1 aliphatic heterocycles. The van der Waals surface area contributed by atoms with Crippen LogP contribution in [0.4, 0.5) is 0 Å². The molecule has 0 spiro atoms. The Bertz CT molecular complexity index is 1350. The number of fused-ring (bicyclic) bond motifs is 4. The van der Waals surface area contributed by atoms with Crippen molar-refractivity contribution in [2.75, 3.05) is 19.6 Å². The number of aliphatic carboxylic acids is 2. The third-order valence-corrected chi connectivity index (χ3v) is 9.52. The molecule has 2 heterocycles. The van der Waals surface area contributed by atoms with E-state index in [9.17, 15) is 9.59 Å². The van der Waals surface area contributed by atoms with E-state index >= 15 is 0 Å². The number of benzene rings is 2. The van der Waals surface area contributed by atoms with Gasteiger partial charge in [-0.15, -0.1) is 0 Å². The van der Waals surface area contributed by atoms with Gasteiger partial charge in [-0.3, -0.25) is 14.6 Å². The SMILES string of the molecule is N[C@@H](C(=O)O)c1ccccc1.N[C@@H](C(=O)O)c1ccccc1.[Mn].c1cc2nc(c1)CN[C@H]1CCCC[C@@H]1NCCN[C@H]1CCCC[C@@H]1NCC2. The molecule has 10 N–H and O–H groups in total. The predicted octanol–water partition coefficient (Wildman–Crippen LogP) is 3.66. The number of pyridine rings is 1. The molecular weight excluding hydrogens is 673 g/mol. The van der Waals surface area contributed by atoms with Crippen molar-refractivity contribution in [2.45, 2.75) is 101 Å². The number of carbonyl (C=O) groups is 2. The molecule has 0 saturated heterocycles. The number of hydrogen-bond acceptors (Lipinski definition) is 9. The summed E-state index contributed by atoms with van der Waals surface area (Å²) >= 11 is 0. The summed E-state index contributed by atoms with van der Waals surface area (Å²) in [6.07, 6.45) is 11.6. The maximum Gasteiger partial charge on any atom is 0.325 e. The van der Waals surface area contributed by atoms with Gasteiger partial charge in [0.05, 0.1) is 5.69 Å². The number of nitrogens with two attached hydrogens (primary N) is 2. The van der Waals surface area contributed by atoms with Gasteiger partial charge in [-0.1, -0.05) is 92.4 Å². The van der Waals surface area contributed by atoms with Crippen LogP contribution in [0.15, 0.2) is 78.9 Å². The average molecular weight is 729 g/mol. The summed E-state index contributed by atoms with van der Waals surface area (Å²) in [4.78, 5) is 25.7. The molecule has 1 radical (unpaired) electrons. The number of nitrogens with zero attached hydrogens (tertiary/aromatic N) is 1. The first-order valence-corrected chi connectivity index (χ1v) is 17.8. The monoisotopic (exact) mass is 728 g/mol. The number of carboxylic acids is 2. The first-order chi connectivity index (χ1) is 23.8. The Balaban J connectivity index is 0.000000243. The second-order valence-electron chi connectivity index (χ2n) is 13.1. The van der Waals surface area contributed by atoms with Gasteiger partial charge < -0.3 is 42.9 Å². The van der Waals surface area contributed by atoms with Crippen LogP contribution < -0.4 is 32.7 Å². The average Bonchev–Trinajstić information content (AvgIpc) is 3.14. The van der Waals surface area contributed by atoms with Crippen LogP contribution in [0.5, 0.6) is 0 Å². The maximum absolute atomic E-state index is 10.4. The van der Waals surface area contributed by atoms with Crippen LogP contribution in [0.25, 0.3) is 0 Å². The molecule has 6 rings (SSSR count). The van der Waals surface area contributed by atoms with E-state index < -0.39 is 24.0 Å². The molecular formula is C38H55MnN7O4. The number of aromatic nitrogens is 1. The number of carboxylic acid groups (broad SMARTS) is 2. The van der Waals surface area contributed by atoms with Gasteiger partial charge in [0.15, 0.2) is 0 Å². The zero-order valence-electron chi connectivity index (χ0n) is 28.9. The van der Waals surface area contributed by atoms with Gasteiger partial charge in [0, 0.05) is 79.5 Å². The normalized spacial score (nSPS) is 23.6. The van der Waals surface area contributed by atoms with Crippen molar-refractivity contribution in [3.63, 3.8) is 0 Å². The van der Waals surface area contributed by atoms with Crippen molar-refractivity contribution >= 4 is 11.9 Å². The third-order valence-electron chi connectivity index (χ3n) is 9.52. The molecule has 2 aromatic carbocycles. The van der Waals surface area contributed by atoms with E-state index in [0.717, 1.165) is 32.6 Å². The van der Waals surface area contributed by atoms with E-state index in [1.54, 1.807) is 48.5 Å². The first kappa shape index (κ1) is 41.2. The van der Waals surface area contributed by atoms with E-state index in [2.05, 4.69) is 39.5 Å². The van der Waals surface area contributed by atoms with Gasteiger partial charge >= 0.3 is 11.9 Å². The molecule has 11 nitrogen and oxygen atoms in total. The molecule has 2 saturated carbocycles. The van der Waals surface area contributed by atoms with Crippen molar-refractivity contribution in [1.82, 2.24) is 26.3 Å². The van der Waals surface area contributed by atoms with Gasteiger partial charge in [-0.25, -0.2) is 0 Å². The van der Waals surface area contributed by atoms with Crippen LogP contribution in [-0.2, 0) is 39.6 Å². The largest absolute Gasteiger partial charge is 0.480 e. The van der Waals surface area contributed by atoms with Gasteiger partial charge in [-0.2, -0.15) is 0 Å². The molecule has 2 aliphatic carbocycles. The van der Waals surface area contributed by atoms with Crippen LogP contribution in [0.1, 0.15) is 86.0 Å². The minimum atomic E-state index is -1.00. The fraction of sp³-hybridized carbons (Fsp3) is 0.500. The van der Waals surface area contributed by atoms with Crippen LogP contribution >= 0.6 is 0 Å². The molecule has 6 atom stereocenters. The van der Waals surface area contributed by atoms with E-state index in [-0.39, 0.29) is 17.1 Å². The van der Waals surface area contributed by atoms with E-state index in [1.165, 1.54) is 62.8 Å². The molecule has 0 amide bonds. The molecule has 3 aromatic rings. The zero-order valence-corrected chi connectivity index (χ0v) is 30.0. The van der Waals surface area contributed by atoms with Crippen molar-refractivity contribution in [2.24, 2.45) is 11.5 Å². The Labute approximate surface area is 307 Å². The van der Waals surface area contributed by atoms with E-state index in [1.807, 2.05) is 12.1 Å². The van der Waals surface area contributed by atoms with Crippen LogP contribution in [0.2, 0.25) is 0 Å². The molecule has 2 bridgehead atoms. The van der Waals surface area contributed by atoms with Crippen LogP contribution in [-0.4, -0.2) is 70.9 Å². The summed E-state index contributed by atoms with van der Waals surface area (Å²) in [5.41, 5.74) is 14.3. The Morgan fingerprint density at radius 3 is 1.42 bits per heavy atom. The molecule has 3 aliphatic rings. The van der Waals surface area contributed by atoms with Crippen LogP contribution in [0.3, 0.4) is 0 Å². The molecule has 0 unspecified atom stereocenters. The van der Waals surface area contributed by atoms with Crippen molar-refractivity contribution < 1.29 is 36.9 Å². The quantitative estimate of drug-likeness (QED) is 0.183. The summed E-state index contributed by atoms with van der Waals surface area (Å²) in [7, 11) is 0. The Hall–Kier alpha value is -3.19. The van der Waals surface area contributed by atoms with Crippen molar-refractivity contribution in [1.29, 1.82) is 0 Å². The van der Waals surface area contributed by atoms with Crippen molar-refractivity contribution in [3.05, 3.63) is 101 Å². The molecule has 273 valence electrons. The fourth-order valence-corrected chi connectivity index (χ4v) is 6.75. The van der Waals surface area contributed by atoms with E-state index in [0.29, 0.717) is 35.3 Å². The number of hydrogen-bond donors (Lipinski definition) is 8. The second kappa shape index (κ2) is 22.6. The summed E-state index contributed by atoms with van der Waals surface area (Å²) in [5, 5.41) is 32.3. The Morgan fingerprint density at radius 2 is 0.980 bits per heavy atom. The topological polar surface area (TPSA) is 188 Å². The maximum atomic E-state index is 10.4. The summed E-state index contributed by atoms with van der Waals surface area (Å²) < 4.78 is 0. The summed E-state index contributed by atoms with van der Waals surface area (Å²) in [6.45, 7) is 4.05. The van der Waals surface area contributed by atoms with Gasteiger partial charge in [-0.05, 0) is 48.9 Å². The zero-order chi connectivity index (χ0) is 34.8.